The summed E-state index contributed by atoms with van der Waals surface area (Å²) in [4.78, 5) is 17.4. The van der Waals surface area contributed by atoms with E-state index in [2.05, 4.69) is 20.5 Å². The summed E-state index contributed by atoms with van der Waals surface area (Å²) in [7, 11) is 0. The van der Waals surface area contributed by atoms with Crippen molar-refractivity contribution in [1.82, 2.24) is 15.2 Å². The third-order valence-corrected chi connectivity index (χ3v) is 4.92. The van der Waals surface area contributed by atoms with E-state index >= 15 is 0 Å². The Labute approximate surface area is 176 Å². The van der Waals surface area contributed by atoms with Gasteiger partial charge in [-0.2, -0.15) is 5.10 Å². The molecular formula is C22H15ClN4O3. The first-order chi connectivity index (χ1) is 14.7. The highest BCUT2D eigenvalue weighted by Crippen LogP contribution is 2.40. The van der Waals surface area contributed by atoms with Crippen LogP contribution in [-0.4, -0.2) is 27.9 Å². The van der Waals surface area contributed by atoms with Crippen molar-refractivity contribution in [2.24, 2.45) is 0 Å². The van der Waals surface area contributed by atoms with Gasteiger partial charge in [0.1, 0.15) is 0 Å². The summed E-state index contributed by atoms with van der Waals surface area (Å²) in [6, 6.07) is 20.2. The van der Waals surface area contributed by atoms with Crippen LogP contribution in [0.25, 0.3) is 22.8 Å². The van der Waals surface area contributed by atoms with Gasteiger partial charge in [-0.3, -0.25) is 9.89 Å². The van der Waals surface area contributed by atoms with E-state index in [1.165, 1.54) is 0 Å². The molecule has 0 spiro atoms. The highest BCUT2D eigenvalue weighted by atomic mass is 35.5. The maximum absolute atomic E-state index is 12.9. The summed E-state index contributed by atoms with van der Waals surface area (Å²) in [5.41, 5.74) is 2.57. The molecule has 0 aliphatic carbocycles. The van der Waals surface area contributed by atoms with Gasteiger partial charge in [-0.05, 0) is 24.3 Å². The molecule has 3 aromatic carbocycles. The van der Waals surface area contributed by atoms with Gasteiger partial charge in [0, 0.05) is 16.7 Å². The Bertz CT molecular complexity index is 1240. The fourth-order valence-corrected chi connectivity index (χ4v) is 3.46. The zero-order valence-electron chi connectivity index (χ0n) is 15.6. The topological polar surface area (TPSA) is 89.1 Å². The van der Waals surface area contributed by atoms with E-state index in [1.807, 2.05) is 48.5 Å². The van der Waals surface area contributed by atoms with Crippen molar-refractivity contribution in [1.29, 1.82) is 0 Å². The molecule has 0 radical (unpaired) electrons. The molecule has 0 fully saturated rings. The SMILES string of the molecule is O=C(Nc1ccccc1-c1nc(-c2ccccc2)n[nH]1)c1cc(Cl)c2c(c1)OCO2. The van der Waals surface area contributed by atoms with Gasteiger partial charge in [0.2, 0.25) is 6.79 Å². The third-order valence-electron chi connectivity index (χ3n) is 4.64. The van der Waals surface area contributed by atoms with E-state index in [4.69, 9.17) is 21.1 Å². The number of H-pyrrole nitrogens is 1. The molecule has 0 saturated heterocycles. The van der Waals surface area contributed by atoms with Crippen LogP contribution in [0.3, 0.4) is 0 Å². The largest absolute Gasteiger partial charge is 0.454 e. The number of halogens is 1. The van der Waals surface area contributed by atoms with Crippen molar-refractivity contribution in [2.45, 2.75) is 0 Å². The molecule has 0 atom stereocenters. The normalized spacial score (nSPS) is 12.0. The van der Waals surface area contributed by atoms with Gasteiger partial charge >= 0.3 is 0 Å². The van der Waals surface area contributed by atoms with Crippen molar-refractivity contribution in [2.75, 3.05) is 12.1 Å². The van der Waals surface area contributed by atoms with Crippen LogP contribution in [0.15, 0.2) is 66.7 Å². The molecule has 8 heteroatoms. The summed E-state index contributed by atoms with van der Waals surface area (Å²) < 4.78 is 10.6. The molecule has 1 aromatic heterocycles. The van der Waals surface area contributed by atoms with Crippen molar-refractivity contribution in [3.8, 4) is 34.3 Å². The van der Waals surface area contributed by atoms with E-state index in [-0.39, 0.29) is 12.7 Å². The Balaban J connectivity index is 1.44. The molecule has 0 bridgehead atoms. The van der Waals surface area contributed by atoms with Crippen molar-refractivity contribution < 1.29 is 14.3 Å². The number of para-hydroxylation sites is 1. The maximum Gasteiger partial charge on any atom is 0.255 e. The van der Waals surface area contributed by atoms with Gasteiger partial charge in [-0.15, -0.1) is 0 Å². The second kappa shape index (κ2) is 7.53. The van der Waals surface area contributed by atoms with Gasteiger partial charge in [0.15, 0.2) is 23.1 Å². The standard InChI is InChI=1S/C22H15ClN4O3/c23-16-10-14(11-18-19(16)30-12-29-18)22(28)24-17-9-5-4-8-15(17)21-25-20(26-27-21)13-6-2-1-3-7-13/h1-11H,12H2,(H,24,28)(H,25,26,27). The monoisotopic (exact) mass is 418 g/mol. The Morgan fingerprint density at radius 3 is 2.70 bits per heavy atom. The van der Waals surface area contributed by atoms with Gasteiger partial charge in [-0.25, -0.2) is 4.98 Å². The number of hydrogen-bond acceptors (Lipinski definition) is 5. The average Bonchev–Trinajstić information content (AvgIpc) is 3.45. The Kier molecular flexibility index (Phi) is 4.57. The highest BCUT2D eigenvalue weighted by molar-refractivity contribution is 6.33. The lowest BCUT2D eigenvalue weighted by atomic mass is 10.1. The second-order valence-electron chi connectivity index (χ2n) is 6.57. The highest BCUT2D eigenvalue weighted by Gasteiger charge is 2.21. The zero-order valence-corrected chi connectivity index (χ0v) is 16.3. The molecule has 2 heterocycles. The maximum atomic E-state index is 12.9. The van der Waals surface area contributed by atoms with Gasteiger partial charge in [0.05, 0.1) is 10.7 Å². The molecular weight excluding hydrogens is 404 g/mol. The van der Waals surface area contributed by atoms with Crippen molar-refractivity contribution in [3.63, 3.8) is 0 Å². The van der Waals surface area contributed by atoms with Crippen molar-refractivity contribution in [3.05, 3.63) is 77.3 Å². The molecule has 1 aliphatic rings. The lowest BCUT2D eigenvalue weighted by molar-refractivity contribution is 0.102. The predicted octanol–water partition coefficient (Wildman–Crippen LogP) is 4.77. The van der Waals surface area contributed by atoms with Crippen LogP contribution in [0, 0.1) is 0 Å². The van der Waals surface area contributed by atoms with Gasteiger partial charge < -0.3 is 14.8 Å². The summed E-state index contributed by atoms with van der Waals surface area (Å²) in [5, 5.41) is 10.5. The minimum absolute atomic E-state index is 0.0815. The first kappa shape index (κ1) is 18.2. The molecule has 1 aliphatic heterocycles. The summed E-state index contributed by atoms with van der Waals surface area (Å²) in [6.07, 6.45) is 0. The van der Waals surface area contributed by atoms with Gasteiger partial charge in [-0.1, -0.05) is 54.1 Å². The number of benzene rings is 3. The molecule has 30 heavy (non-hydrogen) atoms. The number of rotatable bonds is 4. The number of carbonyl (C=O) groups is 1. The summed E-state index contributed by atoms with van der Waals surface area (Å²) >= 11 is 6.20. The number of amides is 1. The van der Waals surface area contributed by atoms with Crippen LogP contribution >= 0.6 is 11.6 Å². The molecule has 1 amide bonds. The minimum Gasteiger partial charge on any atom is -0.454 e. The Hall–Kier alpha value is -3.84. The van der Waals surface area contributed by atoms with Gasteiger partial charge in [0.25, 0.3) is 5.91 Å². The van der Waals surface area contributed by atoms with Crippen LogP contribution in [0.4, 0.5) is 5.69 Å². The summed E-state index contributed by atoms with van der Waals surface area (Å²) in [5.74, 6) is 1.69. The lowest BCUT2D eigenvalue weighted by Crippen LogP contribution is -2.12. The quantitative estimate of drug-likeness (QED) is 0.498. The van der Waals surface area contributed by atoms with Crippen LogP contribution in [0.5, 0.6) is 11.5 Å². The number of carbonyl (C=O) groups excluding carboxylic acids is 1. The van der Waals surface area contributed by atoms with E-state index in [0.717, 1.165) is 5.56 Å². The minimum atomic E-state index is -0.328. The molecule has 2 N–H and O–H groups in total. The van der Waals surface area contributed by atoms with E-state index in [0.29, 0.717) is 45.0 Å². The number of anilines is 1. The molecule has 0 saturated carbocycles. The van der Waals surface area contributed by atoms with E-state index in [9.17, 15) is 4.79 Å². The first-order valence-electron chi connectivity index (χ1n) is 9.17. The van der Waals surface area contributed by atoms with E-state index in [1.54, 1.807) is 18.2 Å². The molecule has 7 nitrogen and oxygen atoms in total. The molecule has 0 unspecified atom stereocenters. The van der Waals surface area contributed by atoms with E-state index < -0.39 is 0 Å². The number of ether oxygens (including phenoxy) is 2. The average molecular weight is 419 g/mol. The molecule has 5 rings (SSSR count). The number of nitrogens with zero attached hydrogens (tertiary/aromatic N) is 2. The molecule has 148 valence electrons. The number of aromatic nitrogens is 3. The number of fused-ring (bicyclic) bond motifs is 1. The zero-order chi connectivity index (χ0) is 20.5. The van der Waals surface area contributed by atoms with Crippen molar-refractivity contribution >= 4 is 23.2 Å². The van der Waals surface area contributed by atoms with Crippen LogP contribution in [-0.2, 0) is 0 Å². The molecule has 4 aromatic rings. The predicted molar refractivity (Wildman–Crippen MR) is 113 cm³/mol. The number of hydrogen-bond donors (Lipinski definition) is 2. The fourth-order valence-electron chi connectivity index (χ4n) is 3.19. The third kappa shape index (κ3) is 3.35. The Morgan fingerprint density at radius 2 is 1.83 bits per heavy atom. The number of nitrogens with one attached hydrogen (secondary N) is 2. The lowest BCUT2D eigenvalue weighted by Gasteiger charge is -2.10. The second-order valence-corrected chi connectivity index (χ2v) is 6.97. The Morgan fingerprint density at radius 1 is 1.03 bits per heavy atom. The summed E-state index contributed by atoms with van der Waals surface area (Å²) in [6.45, 7) is 0.0815. The van der Waals surface area contributed by atoms with Crippen LogP contribution in [0.2, 0.25) is 5.02 Å². The fraction of sp³-hybridized carbons (Fsp3) is 0.0455. The number of aromatic amines is 1. The van der Waals surface area contributed by atoms with Crippen LogP contribution in [0.1, 0.15) is 10.4 Å². The van der Waals surface area contributed by atoms with Crippen LogP contribution < -0.4 is 14.8 Å². The first-order valence-corrected chi connectivity index (χ1v) is 9.54. The smallest absolute Gasteiger partial charge is 0.255 e.